The van der Waals surface area contributed by atoms with Crippen LogP contribution in [0.5, 0.6) is 11.5 Å². The first-order valence-corrected chi connectivity index (χ1v) is 12.2. The van der Waals surface area contributed by atoms with Crippen molar-refractivity contribution in [3.63, 3.8) is 0 Å². The van der Waals surface area contributed by atoms with Gasteiger partial charge in [0.15, 0.2) is 0 Å². The summed E-state index contributed by atoms with van der Waals surface area (Å²) < 4.78 is 6.06. The molecular formula is C28H35N5O2. The fraction of sp³-hybridized carbons (Fsp3) is 0.321. The van der Waals surface area contributed by atoms with Gasteiger partial charge in [-0.05, 0) is 68.2 Å². The van der Waals surface area contributed by atoms with Gasteiger partial charge in [0.1, 0.15) is 11.5 Å². The summed E-state index contributed by atoms with van der Waals surface area (Å²) >= 11 is 0. The second-order valence-electron chi connectivity index (χ2n) is 8.65. The molecule has 2 heterocycles. The van der Waals surface area contributed by atoms with Gasteiger partial charge in [0.2, 0.25) is 0 Å². The summed E-state index contributed by atoms with van der Waals surface area (Å²) in [5.74, 6) is 1.32. The standard InChI is InChI=1S/C28H33N5O2.H2/c1-3-20-16-21(7-9-25(20)28(34)32-12-15-33-13-4-5-14-33)27-18-24(10-11-31-27)35-23-8-6-22(19-29)26(17-23)30-2;/h6-11,16-19,29-30H,3-5,12-15H2,1-2H3,(H,32,34);1H. The lowest BCUT2D eigenvalue weighted by molar-refractivity contribution is 0.0949. The molecule has 184 valence electrons. The van der Waals surface area contributed by atoms with Gasteiger partial charge in [0.05, 0.1) is 5.69 Å². The molecule has 3 N–H and O–H groups in total. The second kappa shape index (κ2) is 11.6. The second-order valence-corrected chi connectivity index (χ2v) is 8.65. The highest BCUT2D eigenvalue weighted by atomic mass is 16.5. The van der Waals surface area contributed by atoms with E-state index in [4.69, 9.17) is 10.1 Å². The molecule has 2 aromatic carbocycles. The van der Waals surface area contributed by atoms with Gasteiger partial charge in [-0.3, -0.25) is 9.78 Å². The van der Waals surface area contributed by atoms with Crippen molar-refractivity contribution >= 4 is 17.8 Å². The topological polar surface area (TPSA) is 90.3 Å². The molecule has 0 atom stereocenters. The van der Waals surface area contributed by atoms with E-state index >= 15 is 0 Å². The van der Waals surface area contributed by atoms with E-state index in [-0.39, 0.29) is 7.33 Å². The van der Waals surface area contributed by atoms with Crippen LogP contribution < -0.4 is 15.4 Å². The van der Waals surface area contributed by atoms with E-state index in [1.165, 1.54) is 19.1 Å². The van der Waals surface area contributed by atoms with Crippen LogP contribution in [-0.4, -0.2) is 55.2 Å². The lowest BCUT2D eigenvalue weighted by Crippen LogP contribution is -2.33. The van der Waals surface area contributed by atoms with Gasteiger partial charge >= 0.3 is 0 Å². The Morgan fingerprint density at radius 3 is 2.69 bits per heavy atom. The zero-order chi connectivity index (χ0) is 24.6. The molecule has 1 fully saturated rings. The third-order valence-electron chi connectivity index (χ3n) is 6.36. The number of hydrogen-bond donors (Lipinski definition) is 3. The van der Waals surface area contributed by atoms with Gasteiger partial charge in [0.25, 0.3) is 5.91 Å². The number of nitrogens with one attached hydrogen (secondary N) is 3. The number of ether oxygens (including phenoxy) is 1. The number of benzene rings is 2. The average molecular weight is 474 g/mol. The first-order valence-electron chi connectivity index (χ1n) is 12.2. The quantitative estimate of drug-likeness (QED) is 0.352. The number of carbonyl (C=O) groups excluding carboxylic acids is 1. The van der Waals surface area contributed by atoms with Gasteiger partial charge in [0, 0.05) is 68.5 Å². The number of hydrogen-bond acceptors (Lipinski definition) is 6. The Morgan fingerprint density at radius 1 is 1.14 bits per heavy atom. The van der Waals surface area contributed by atoms with Crippen molar-refractivity contribution in [1.29, 1.82) is 5.41 Å². The van der Waals surface area contributed by atoms with Crippen LogP contribution in [0.2, 0.25) is 0 Å². The zero-order valence-electron chi connectivity index (χ0n) is 20.4. The summed E-state index contributed by atoms with van der Waals surface area (Å²) in [6.45, 7) is 5.89. The molecule has 0 radical (unpaired) electrons. The Hall–Kier alpha value is -3.71. The Kier molecular flexibility index (Phi) is 8.11. The van der Waals surface area contributed by atoms with Crippen LogP contribution in [0.1, 0.15) is 42.7 Å². The monoisotopic (exact) mass is 473 g/mol. The molecule has 1 amide bonds. The van der Waals surface area contributed by atoms with E-state index < -0.39 is 0 Å². The molecule has 0 spiro atoms. The van der Waals surface area contributed by atoms with E-state index in [0.29, 0.717) is 18.0 Å². The lowest BCUT2D eigenvalue weighted by atomic mass is 9.99. The molecule has 1 aliphatic rings. The van der Waals surface area contributed by atoms with Crippen molar-refractivity contribution in [2.75, 3.05) is 38.5 Å². The van der Waals surface area contributed by atoms with Gasteiger partial charge in [-0.1, -0.05) is 13.0 Å². The van der Waals surface area contributed by atoms with Crippen molar-refractivity contribution < 1.29 is 11.0 Å². The van der Waals surface area contributed by atoms with Gasteiger partial charge < -0.3 is 25.7 Å². The van der Waals surface area contributed by atoms with Crippen LogP contribution in [0.4, 0.5) is 5.69 Å². The maximum Gasteiger partial charge on any atom is 0.251 e. The Labute approximate surface area is 208 Å². The summed E-state index contributed by atoms with van der Waals surface area (Å²) in [6, 6.07) is 15.1. The molecule has 3 aromatic rings. The largest absolute Gasteiger partial charge is 0.457 e. The van der Waals surface area contributed by atoms with Crippen molar-refractivity contribution in [1.82, 2.24) is 15.2 Å². The van der Waals surface area contributed by atoms with Crippen molar-refractivity contribution in [2.24, 2.45) is 0 Å². The van der Waals surface area contributed by atoms with Crippen LogP contribution in [0.3, 0.4) is 0 Å². The first-order chi connectivity index (χ1) is 17.1. The fourth-order valence-corrected chi connectivity index (χ4v) is 4.41. The van der Waals surface area contributed by atoms with E-state index in [2.05, 4.69) is 27.4 Å². The predicted octanol–water partition coefficient (Wildman–Crippen LogP) is 5.21. The third-order valence-corrected chi connectivity index (χ3v) is 6.36. The predicted molar refractivity (Wildman–Crippen MR) is 143 cm³/mol. The van der Waals surface area contributed by atoms with Crippen LogP contribution >= 0.6 is 0 Å². The number of pyridine rings is 1. The van der Waals surface area contributed by atoms with Crippen molar-refractivity contribution in [3.05, 3.63) is 71.4 Å². The summed E-state index contributed by atoms with van der Waals surface area (Å²) in [7, 11) is 1.82. The SMILES string of the molecule is CCc1cc(-c2cc(Oc3ccc(C=N)c(NC)c3)ccn2)ccc1C(=O)NCCN1CCCC1.[HH]. The van der Waals surface area contributed by atoms with Crippen LogP contribution in [0, 0.1) is 5.41 Å². The smallest absolute Gasteiger partial charge is 0.251 e. The normalized spacial score (nSPS) is 13.4. The van der Waals surface area contributed by atoms with Crippen molar-refractivity contribution in [3.8, 4) is 22.8 Å². The Balaban J connectivity index is 0.00000361. The summed E-state index contributed by atoms with van der Waals surface area (Å²) in [5, 5.41) is 13.7. The summed E-state index contributed by atoms with van der Waals surface area (Å²) in [4.78, 5) is 19.7. The van der Waals surface area contributed by atoms with E-state index in [9.17, 15) is 4.79 Å². The maximum atomic E-state index is 12.8. The number of anilines is 1. The van der Waals surface area contributed by atoms with E-state index in [0.717, 1.165) is 59.7 Å². The summed E-state index contributed by atoms with van der Waals surface area (Å²) in [6.07, 6.45) is 6.29. The van der Waals surface area contributed by atoms with Gasteiger partial charge in [-0.25, -0.2) is 0 Å². The molecule has 4 rings (SSSR count). The highest BCUT2D eigenvalue weighted by Crippen LogP contribution is 2.29. The van der Waals surface area contributed by atoms with Crippen molar-refractivity contribution in [2.45, 2.75) is 26.2 Å². The zero-order valence-corrected chi connectivity index (χ0v) is 20.4. The van der Waals surface area contributed by atoms with Gasteiger partial charge in [-0.15, -0.1) is 0 Å². The molecule has 35 heavy (non-hydrogen) atoms. The molecule has 1 saturated heterocycles. The number of rotatable bonds is 10. The highest BCUT2D eigenvalue weighted by molar-refractivity contribution is 5.96. The number of aryl methyl sites for hydroxylation is 1. The van der Waals surface area contributed by atoms with Crippen LogP contribution in [0.15, 0.2) is 54.7 Å². The minimum Gasteiger partial charge on any atom is -0.457 e. The van der Waals surface area contributed by atoms with E-state index in [1.54, 1.807) is 6.20 Å². The molecular weight excluding hydrogens is 438 g/mol. The molecule has 0 aliphatic carbocycles. The molecule has 7 nitrogen and oxygen atoms in total. The number of carbonyl (C=O) groups is 1. The average Bonchev–Trinajstić information content (AvgIpc) is 3.42. The molecule has 7 heteroatoms. The molecule has 0 bridgehead atoms. The highest BCUT2D eigenvalue weighted by Gasteiger charge is 2.15. The number of amides is 1. The van der Waals surface area contributed by atoms with Crippen LogP contribution in [0.25, 0.3) is 11.3 Å². The molecule has 0 unspecified atom stereocenters. The molecule has 1 aromatic heterocycles. The van der Waals surface area contributed by atoms with E-state index in [1.807, 2.05) is 55.6 Å². The number of aromatic nitrogens is 1. The Bertz CT molecular complexity index is 1190. The molecule has 0 saturated carbocycles. The number of likely N-dealkylation sites (tertiary alicyclic amines) is 1. The Morgan fingerprint density at radius 2 is 1.94 bits per heavy atom. The fourth-order valence-electron chi connectivity index (χ4n) is 4.41. The van der Waals surface area contributed by atoms with Crippen LogP contribution in [-0.2, 0) is 6.42 Å². The first kappa shape index (κ1) is 24.4. The summed E-state index contributed by atoms with van der Waals surface area (Å²) in [5.41, 5.74) is 5.06. The minimum atomic E-state index is -0.0219. The third kappa shape index (κ3) is 6.05. The van der Waals surface area contributed by atoms with Gasteiger partial charge in [-0.2, -0.15) is 0 Å². The maximum absolute atomic E-state index is 12.8. The lowest BCUT2D eigenvalue weighted by Gasteiger charge is -2.16. The molecule has 1 aliphatic heterocycles. The minimum absolute atomic E-state index is 0. The number of nitrogens with zero attached hydrogens (tertiary/aromatic N) is 2.